The topological polar surface area (TPSA) is 118 Å². The van der Waals surface area contributed by atoms with Gasteiger partial charge in [-0.25, -0.2) is 4.79 Å². The molecule has 0 saturated carbocycles. The van der Waals surface area contributed by atoms with Crippen LogP contribution in [0.25, 0.3) is 0 Å². The molecule has 1 aliphatic heterocycles. The van der Waals surface area contributed by atoms with Crippen molar-refractivity contribution in [2.45, 2.75) is 17.9 Å². The maximum Gasteiger partial charge on any atom is 0.367 e. The van der Waals surface area contributed by atoms with Crippen molar-refractivity contribution < 1.29 is 22.6 Å². The molecule has 0 aromatic heterocycles. The Balaban J connectivity index is 2.16. The summed E-state index contributed by atoms with van der Waals surface area (Å²) >= 11 is 0. The van der Waals surface area contributed by atoms with E-state index in [1.165, 1.54) is 24.3 Å². The molecule has 1 aliphatic rings. The Morgan fingerprint density at radius 3 is 2.42 bits per heavy atom. The fourth-order valence-electron chi connectivity index (χ4n) is 1.33. The minimum absolute atomic E-state index is 0.246. The van der Waals surface area contributed by atoms with Crippen molar-refractivity contribution in [1.82, 2.24) is 0 Å². The van der Waals surface area contributed by atoms with E-state index in [4.69, 9.17) is 4.55 Å². The van der Waals surface area contributed by atoms with Crippen molar-refractivity contribution in [2.24, 2.45) is 15.4 Å². The standard InChI is InChI=1S/C10H9N3O5S/c1-6-9(10(14)18-13-6)12-11-7-2-4-8(5-3-7)19(15,16)17/h2-5,9H,1H3,(H,15,16,17). The minimum Gasteiger partial charge on any atom is -0.315 e. The number of hydrogen-bond acceptors (Lipinski definition) is 7. The second-order valence-electron chi connectivity index (χ2n) is 3.73. The van der Waals surface area contributed by atoms with Crippen LogP contribution in [0.15, 0.2) is 44.5 Å². The molecule has 1 aromatic carbocycles. The summed E-state index contributed by atoms with van der Waals surface area (Å²) < 4.78 is 30.4. The van der Waals surface area contributed by atoms with Crippen molar-refractivity contribution in [3.63, 3.8) is 0 Å². The molecule has 1 unspecified atom stereocenters. The first-order valence-electron chi connectivity index (χ1n) is 5.11. The van der Waals surface area contributed by atoms with E-state index in [1.54, 1.807) is 6.92 Å². The van der Waals surface area contributed by atoms with Crippen molar-refractivity contribution in [2.75, 3.05) is 0 Å². The van der Waals surface area contributed by atoms with Crippen molar-refractivity contribution in [3.8, 4) is 0 Å². The fourth-order valence-corrected chi connectivity index (χ4v) is 1.81. The average molecular weight is 283 g/mol. The van der Waals surface area contributed by atoms with Crippen molar-refractivity contribution in [3.05, 3.63) is 24.3 Å². The molecule has 100 valence electrons. The number of nitrogens with zero attached hydrogens (tertiary/aromatic N) is 3. The molecule has 19 heavy (non-hydrogen) atoms. The highest BCUT2D eigenvalue weighted by molar-refractivity contribution is 7.85. The average Bonchev–Trinajstić information content (AvgIpc) is 2.66. The fraction of sp³-hybridized carbons (Fsp3) is 0.200. The van der Waals surface area contributed by atoms with Gasteiger partial charge in [0, 0.05) is 0 Å². The number of oxime groups is 1. The highest BCUT2D eigenvalue weighted by atomic mass is 32.2. The molecule has 0 spiro atoms. The smallest absolute Gasteiger partial charge is 0.315 e. The van der Waals surface area contributed by atoms with Gasteiger partial charge in [0.05, 0.1) is 16.3 Å². The molecular formula is C10H9N3O5S. The van der Waals surface area contributed by atoms with Gasteiger partial charge in [-0.05, 0) is 31.2 Å². The zero-order valence-corrected chi connectivity index (χ0v) is 10.5. The van der Waals surface area contributed by atoms with Crippen LogP contribution in [-0.2, 0) is 19.8 Å². The van der Waals surface area contributed by atoms with E-state index < -0.39 is 22.1 Å². The molecule has 9 heteroatoms. The zero-order chi connectivity index (χ0) is 14.0. The van der Waals surface area contributed by atoms with Crippen LogP contribution in [0.3, 0.4) is 0 Å². The second-order valence-corrected chi connectivity index (χ2v) is 5.15. The van der Waals surface area contributed by atoms with E-state index >= 15 is 0 Å². The van der Waals surface area contributed by atoms with Crippen LogP contribution in [0.2, 0.25) is 0 Å². The third-order valence-corrected chi connectivity index (χ3v) is 3.19. The molecule has 0 saturated heterocycles. The molecule has 0 amide bonds. The largest absolute Gasteiger partial charge is 0.367 e. The predicted octanol–water partition coefficient (Wildman–Crippen LogP) is 1.32. The lowest BCUT2D eigenvalue weighted by atomic mass is 10.2. The number of rotatable bonds is 3. The molecule has 0 fully saturated rings. The summed E-state index contributed by atoms with van der Waals surface area (Å²) in [4.78, 5) is 15.4. The van der Waals surface area contributed by atoms with Crippen LogP contribution >= 0.6 is 0 Å². The molecule has 0 aliphatic carbocycles. The van der Waals surface area contributed by atoms with Crippen molar-refractivity contribution in [1.29, 1.82) is 0 Å². The van der Waals surface area contributed by atoms with E-state index in [2.05, 4.69) is 20.2 Å². The summed E-state index contributed by atoms with van der Waals surface area (Å²) in [6.07, 6.45) is 0. The first-order valence-corrected chi connectivity index (χ1v) is 6.56. The van der Waals surface area contributed by atoms with Gasteiger partial charge in [0.2, 0.25) is 6.04 Å². The molecule has 0 radical (unpaired) electrons. The predicted molar refractivity (Wildman–Crippen MR) is 63.8 cm³/mol. The molecule has 1 aromatic rings. The maximum atomic E-state index is 11.2. The Labute approximate surface area is 108 Å². The van der Waals surface area contributed by atoms with E-state index in [-0.39, 0.29) is 4.90 Å². The van der Waals surface area contributed by atoms with Gasteiger partial charge in [-0.2, -0.15) is 18.6 Å². The van der Waals surface area contributed by atoms with Gasteiger partial charge in [0.1, 0.15) is 0 Å². The lowest BCUT2D eigenvalue weighted by Crippen LogP contribution is -2.19. The quantitative estimate of drug-likeness (QED) is 0.510. The number of hydrogen-bond donors (Lipinski definition) is 1. The molecule has 8 nitrogen and oxygen atoms in total. The highest BCUT2D eigenvalue weighted by Crippen LogP contribution is 2.18. The number of carbonyl (C=O) groups excluding carboxylic acids is 1. The van der Waals surface area contributed by atoms with Gasteiger partial charge in [-0.1, -0.05) is 5.16 Å². The molecule has 1 N–H and O–H groups in total. The SMILES string of the molecule is CC1=NOC(=O)C1N=Nc1ccc(S(=O)(=O)O)cc1. The number of benzene rings is 1. The van der Waals surface area contributed by atoms with Gasteiger partial charge in [-0.15, -0.1) is 0 Å². The van der Waals surface area contributed by atoms with Crippen LogP contribution in [0.1, 0.15) is 6.92 Å². The number of azo groups is 1. The van der Waals surface area contributed by atoms with E-state index in [0.717, 1.165) is 0 Å². The van der Waals surface area contributed by atoms with Crippen LogP contribution in [-0.4, -0.2) is 30.7 Å². The molecule has 0 bridgehead atoms. The highest BCUT2D eigenvalue weighted by Gasteiger charge is 2.29. The number of carbonyl (C=O) groups is 1. The lowest BCUT2D eigenvalue weighted by molar-refractivity contribution is -0.141. The summed E-state index contributed by atoms with van der Waals surface area (Å²) in [6.45, 7) is 1.58. The van der Waals surface area contributed by atoms with Gasteiger partial charge in [0.15, 0.2) is 0 Å². The Bertz CT molecular complexity index is 663. The molecule has 2 rings (SSSR count). The van der Waals surface area contributed by atoms with Gasteiger partial charge in [-0.3, -0.25) is 4.55 Å². The first-order chi connectivity index (χ1) is 8.88. The van der Waals surface area contributed by atoms with Crippen molar-refractivity contribution >= 4 is 27.5 Å². The van der Waals surface area contributed by atoms with Crippen LogP contribution in [0.4, 0.5) is 5.69 Å². The van der Waals surface area contributed by atoms with Gasteiger partial charge >= 0.3 is 5.97 Å². The monoisotopic (exact) mass is 283 g/mol. The lowest BCUT2D eigenvalue weighted by Gasteiger charge is -1.98. The normalized spacial score (nSPS) is 19.6. The molecular weight excluding hydrogens is 274 g/mol. The third-order valence-electron chi connectivity index (χ3n) is 2.32. The Morgan fingerprint density at radius 1 is 1.32 bits per heavy atom. The summed E-state index contributed by atoms with van der Waals surface area (Å²) in [5, 5.41) is 11.0. The molecule has 1 atom stereocenters. The summed E-state index contributed by atoms with van der Waals surface area (Å²) in [5.74, 6) is -0.615. The summed E-state index contributed by atoms with van der Waals surface area (Å²) in [6, 6.07) is 4.18. The van der Waals surface area contributed by atoms with E-state index in [9.17, 15) is 13.2 Å². The summed E-state index contributed by atoms with van der Waals surface area (Å²) in [7, 11) is -4.23. The van der Waals surface area contributed by atoms with Crippen LogP contribution in [0.5, 0.6) is 0 Å². The third kappa shape index (κ3) is 3.01. The van der Waals surface area contributed by atoms with E-state index in [0.29, 0.717) is 11.4 Å². The maximum absolute atomic E-state index is 11.2. The Hall–Kier alpha value is -2.13. The minimum atomic E-state index is -4.23. The molecule has 1 heterocycles. The van der Waals surface area contributed by atoms with Crippen LogP contribution in [0, 0.1) is 0 Å². The first kappa shape index (κ1) is 13.3. The Morgan fingerprint density at radius 2 is 1.95 bits per heavy atom. The van der Waals surface area contributed by atoms with E-state index in [1.807, 2.05) is 0 Å². The second kappa shape index (κ2) is 4.86. The van der Waals surface area contributed by atoms with Gasteiger partial charge < -0.3 is 4.84 Å². The van der Waals surface area contributed by atoms with Crippen LogP contribution < -0.4 is 0 Å². The Kier molecular flexibility index (Phi) is 3.40. The van der Waals surface area contributed by atoms with Gasteiger partial charge in [0.25, 0.3) is 10.1 Å². The zero-order valence-electron chi connectivity index (χ0n) is 9.72. The summed E-state index contributed by atoms with van der Waals surface area (Å²) in [5.41, 5.74) is 0.725.